The molecule has 4 aromatic rings. The number of rotatable bonds is 5. The van der Waals surface area contributed by atoms with Crippen LogP contribution in [0.1, 0.15) is 19.5 Å². The average Bonchev–Trinajstić information content (AvgIpc) is 2.92. The van der Waals surface area contributed by atoms with Gasteiger partial charge in [0.25, 0.3) is 0 Å². The van der Waals surface area contributed by atoms with Gasteiger partial charge in [-0.2, -0.15) is 4.98 Å². The molecule has 1 saturated heterocycles. The van der Waals surface area contributed by atoms with Gasteiger partial charge in [-0.3, -0.25) is 9.78 Å². The number of hydrogen-bond donors (Lipinski definition) is 0. The molecule has 0 radical (unpaired) electrons. The highest BCUT2D eigenvalue weighted by Crippen LogP contribution is 2.36. The van der Waals surface area contributed by atoms with E-state index in [4.69, 9.17) is 11.6 Å². The normalized spacial score (nSPS) is 17.4. The highest BCUT2D eigenvalue weighted by molar-refractivity contribution is 7.90. The Hall–Kier alpha value is -4.23. The molecule has 0 unspecified atom stereocenters. The molecule has 0 saturated carbocycles. The number of hydrogen-bond acceptors (Lipinski definition) is 8. The molecule has 0 bridgehead atoms. The number of aromatic nitrogens is 4. The molecule has 43 heavy (non-hydrogen) atoms. The number of aryl methyl sites for hydroxylation is 1. The summed E-state index contributed by atoms with van der Waals surface area (Å²) in [5, 5.41) is -0.0632. The first kappa shape index (κ1) is 30.2. The zero-order valence-corrected chi connectivity index (χ0v) is 25.2. The number of sulfone groups is 1. The van der Waals surface area contributed by atoms with Crippen molar-refractivity contribution in [2.24, 2.45) is 0 Å². The van der Waals surface area contributed by atoms with Crippen molar-refractivity contribution in [1.29, 1.82) is 0 Å². The highest BCUT2D eigenvalue weighted by Gasteiger charge is 2.35. The van der Waals surface area contributed by atoms with Crippen molar-refractivity contribution < 1.29 is 22.0 Å². The van der Waals surface area contributed by atoms with E-state index in [1.165, 1.54) is 37.4 Å². The minimum atomic E-state index is -3.90. The number of fused-ring (bicyclic) bond motifs is 1. The van der Waals surface area contributed by atoms with E-state index >= 15 is 4.39 Å². The summed E-state index contributed by atoms with van der Waals surface area (Å²) in [5.41, 5.74) is -1.87. The third kappa shape index (κ3) is 5.27. The minimum absolute atomic E-state index is 0.0539. The van der Waals surface area contributed by atoms with E-state index in [2.05, 4.69) is 21.5 Å². The van der Waals surface area contributed by atoms with Crippen LogP contribution in [0.15, 0.2) is 58.9 Å². The summed E-state index contributed by atoms with van der Waals surface area (Å²) in [4.78, 5) is 42.4. The van der Waals surface area contributed by atoms with Crippen LogP contribution in [0.5, 0.6) is 0 Å². The number of nitrogens with zero attached hydrogens (tertiary/aromatic N) is 6. The number of halogens is 3. The number of carbonyl (C=O) groups is 1. The van der Waals surface area contributed by atoms with Gasteiger partial charge in [-0.25, -0.2) is 31.5 Å². The summed E-state index contributed by atoms with van der Waals surface area (Å²) >= 11 is 6.26. The maximum absolute atomic E-state index is 15.9. The molecule has 1 aliphatic heterocycles. The molecule has 1 aromatic carbocycles. The van der Waals surface area contributed by atoms with Crippen molar-refractivity contribution in [3.63, 3.8) is 0 Å². The van der Waals surface area contributed by atoms with Crippen molar-refractivity contribution in [2.75, 3.05) is 24.2 Å². The molecule has 10 nitrogen and oxygen atoms in total. The van der Waals surface area contributed by atoms with Crippen LogP contribution in [0.2, 0.25) is 5.02 Å². The molecule has 2 atom stereocenters. The number of benzene rings is 1. The largest absolute Gasteiger partial charge is 0.355 e. The topological polar surface area (TPSA) is 118 Å². The second kappa shape index (κ2) is 11.1. The van der Waals surface area contributed by atoms with Crippen LogP contribution in [0, 0.1) is 18.6 Å². The van der Waals surface area contributed by atoms with Gasteiger partial charge in [0.1, 0.15) is 17.3 Å². The van der Waals surface area contributed by atoms with Crippen molar-refractivity contribution in [3.8, 4) is 16.9 Å². The van der Waals surface area contributed by atoms with Crippen LogP contribution in [-0.2, 0) is 14.6 Å². The van der Waals surface area contributed by atoms with Crippen molar-refractivity contribution in [1.82, 2.24) is 24.4 Å². The van der Waals surface area contributed by atoms with Crippen LogP contribution in [0.3, 0.4) is 0 Å². The molecule has 5 rings (SSSR count). The van der Waals surface area contributed by atoms with Gasteiger partial charge in [-0.1, -0.05) is 24.2 Å². The SMILES string of the molecule is C=CC(=O)N1C[C@H](C)N(c2nc(=O)n(-c3c(S(C)(=O)=O)ccnc3C)c3nc(-c4c(F)cccc4Cl)c(F)cc23)[C@@H](C)C1. The molecule has 1 aliphatic rings. The fraction of sp³-hybridized carbons (Fsp3) is 0.276. The lowest BCUT2D eigenvalue weighted by Crippen LogP contribution is -2.58. The quantitative estimate of drug-likeness (QED) is 0.303. The highest BCUT2D eigenvalue weighted by atomic mass is 35.5. The smallest absolute Gasteiger partial charge is 0.347 e. The zero-order chi connectivity index (χ0) is 31.4. The molecule has 1 fully saturated rings. The number of anilines is 1. The van der Waals surface area contributed by atoms with Gasteiger partial charge in [0.05, 0.1) is 32.2 Å². The first-order chi connectivity index (χ1) is 20.2. The lowest BCUT2D eigenvalue weighted by Gasteiger charge is -2.45. The first-order valence-corrected chi connectivity index (χ1v) is 15.4. The molecule has 224 valence electrons. The molecule has 0 spiro atoms. The van der Waals surface area contributed by atoms with Crippen LogP contribution in [0.25, 0.3) is 28.0 Å². The lowest BCUT2D eigenvalue weighted by atomic mass is 10.1. The Kier molecular flexibility index (Phi) is 7.82. The average molecular weight is 629 g/mol. The van der Waals surface area contributed by atoms with Crippen molar-refractivity contribution in [3.05, 3.63) is 82.0 Å². The Bertz CT molecular complexity index is 1950. The van der Waals surface area contributed by atoms with Gasteiger partial charge in [0.2, 0.25) is 5.91 Å². The molecular weight excluding hydrogens is 602 g/mol. The molecule has 1 amide bonds. The second-order valence-electron chi connectivity index (χ2n) is 10.4. The Morgan fingerprint density at radius 1 is 1.12 bits per heavy atom. The summed E-state index contributed by atoms with van der Waals surface area (Å²) < 4.78 is 57.5. The molecule has 0 aliphatic carbocycles. The fourth-order valence-electron chi connectivity index (χ4n) is 5.56. The number of carbonyl (C=O) groups excluding carboxylic acids is 1. The van der Waals surface area contributed by atoms with Crippen molar-refractivity contribution >= 4 is 44.2 Å². The van der Waals surface area contributed by atoms with Gasteiger partial charge in [0.15, 0.2) is 21.3 Å². The van der Waals surface area contributed by atoms with E-state index in [0.29, 0.717) is 0 Å². The summed E-state index contributed by atoms with van der Waals surface area (Å²) in [6.45, 7) is 9.23. The summed E-state index contributed by atoms with van der Waals surface area (Å²) in [7, 11) is -3.90. The van der Waals surface area contributed by atoms with Crippen LogP contribution in [0.4, 0.5) is 14.6 Å². The Morgan fingerprint density at radius 3 is 2.40 bits per heavy atom. The van der Waals surface area contributed by atoms with E-state index in [1.807, 2.05) is 13.8 Å². The van der Waals surface area contributed by atoms with Crippen LogP contribution >= 0.6 is 11.6 Å². The lowest BCUT2D eigenvalue weighted by molar-refractivity contribution is -0.127. The fourth-order valence-corrected chi connectivity index (χ4v) is 6.71. The van der Waals surface area contributed by atoms with E-state index in [9.17, 15) is 22.4 Å². The predicted molar refractivity (Wildman–Crippen MR) is 159 cm³/mol. The Balaban J connectivity index is 1.89. The number of amides is 1. The third-order valence-corrected chi connectivity index (χ3v) is 8.79. The van der Waals surface area contributed by atoms with Gasteiger partial charge >= 0.3 is 5.69 Å². The molecule has 0 N–H and O–H groups in total. The Labute approximate surface area is 251 Å². The summed E-state index contributed by atoms with van der Waals surface area (Å²) in [6, 6.07) is 5.37. The molecule has 14 heteroatoms. The van der Waals surface area contributed by atoms with E-state index in [1.54, 1.807) is 9.80 Å². The zero-order valence-electron chi connectivity index (χ0n) is 23.7. The monoisotopic (exact) mass is 628 g/mol. The van der Waals surface area contributed by atoms with Gasteiger partial charge in [-0.15, -0.1) is 0 Å². The summed E-state index contributed by atoms with van der Waals surface area (Å²) in [5.74, 6) is -1.98. The maximum atomic E-state index is 15.9. The van der Waals surface area contributed by atoms with E-state index in [0.717, 1.165) is 23.0 Å². The standard InChI is InChI=1S/C29H27ClF2N6O4S/c1-6-23(39)36-13-15(2)37(16(3)14-36)28-18-12-21(32)25(24-19(30)8-7-9-20(24)31)34-27(18)38(29(40)35-28)26-17(4)33-11-10-22(26)43(5,41)42/h6-12,15-16H,1,13-14H2,2-5H3/t15-,16-/m0/s1. The Morgan fingerprint density at radius 2 is 1.79 bits per heavy atom. The third-order valence-electron chi connectivity index (χ3n) is 7.34. The van der Waals surface area contributed by atoms with Crippen LogP contribution in [-0.4, -0.2) is 70.2 Å². The van der Waals surface area contributed by atoms with Gasteiger partial charge < -0.3 is 9.80 Å². The maximum Gasteiger partial charge on any atom is 0.355 e. The molecule has 3 aromatic heterocycles. The predicted octanol–water partition coefficient (Wildman–Crippen LogP) is 4.10. The minimum Gasteiger partial charge on any atom is -0.347 e. The molecule has 4 heterocycles. The summed E-state index contributed by atoms with van der Waals surface area (Å²) in [6.07, 6.45) is 3.48. The van der Waals surface area contributed by atoms with Gasteiger partial charge in [0, 0.05) is 37.6 Å². The number of piperazine rings is 1. The first-order valence-electron chi connectivity index (χ1n) is 13.2. The van der Waals surface area contributed by atoms with Crippen molar-refractivity contribution in [2.45, 2.75) is 37.8 Å². The van der Waals surface area contributed by atoms with E-state index < -0.39 is 32.9 Å². The second-order valence-corrected chi connectivity index (χ2v) is 12.8. The van der Waals surface area contributed by atoms with Gasteiger partial charge in [-0.05, 0) is 51.1 Å². The van der Waals surface area contributed by atoms with E-state index in [-0.39, 0.29) is 74.8 Å². The number of pyridine rings is 2. The van der Waals surface area contributed by atoms with Crippen LogP contribution < -0.4 is 10.6 Å². The molecular formula is C29H27ClF2N6O4S.